The van der Waals surface area contributed by atoms with Crippen molar-refractivity contribution in [3.8, 4) is 0 Å². The molecule has 0 atom stereocenters. The van der Waals surface area contributed by atoms with Crippen LogP contribution in [0.1, 0.15) is 28.9 Å². The number of ketones is 1. The summed E-state index contributed by atoms with van der Waals surface area (Å²) in [6.45, 7) is 2.87. The number of H-pyrrole nitrogens is 1. The lowest BCUT2D eigenvalue weighted by atomic mass is 10.1. The van der Waals surface area contributed by atoms with Gasteiger partial charge in [0.1, 0.15) is 5.78 Å². The Kier molecular flexibility index (Phi) is 2.53. The van der Waals surface area contributed by atoms with E-state index >= 15 is 0 Å². The van der Waals surface area contributed by atoms with Crippen molar-refractivity contribution in [3.05, 3.63) is 17.5 Å². The van der Waals surface area contributed by atoms with Gasteiger partial charge in [0.25, 0.3) is 5.91 Å². The molecule has 5 nitrogen and oxygen atoms in total. The first-order valence-electron chi connectivity index (χ1n) is 4.99. The van der Waals surface area contributed by atoms with Crippen molar-refractivity contribution in [2.75, 3.05) is 13.1 Å². The average molecular weight is 207 g/mol. The third-order valence-corrected chi connectivity index (χ3v) is 2.67. The maximum atomic E-state index is 11.9. The minimum Gasteiger partial charge on any atom is -0.338 e. The highest BCUT2D eigenvalue weighted by molar-refractivity contribution is 5.96. The maximum Gasteiger partial charge on any atom is 0.257 e. The zero-order valence-electron chi connectivity index (χ0n) is 8.62. The molecule has 1 aromatic heterocycles. The van der Waals surface area contributed by atoms with Gasteiger partial charge in [-0.1, -0.05) is 0 Å². The van der Waals surface area contributed by atoms with Gasteiger partial charge in [0.15, 0.2) is 0 Å². The standard InChI is InChI=1S/C10H13N3O2/c1-7-9(6-11-12-7)10(15)13-4-2-8(14)3-5-13/h6H,2-5H2,1H3,(H,11,12). The van der Waals surface area contributed by atoms with Crippen LogP contribution in [0, 0.1) is 6.92 Å². The Morgan fingerprint density at radius 2 is 2.13 bits per heavy atom. The SMILES string of the molecule is Cc1[nH]ncc1C(=O)N1CCC(=O)CC1. The molecule has 0 radical (unpaired) electrons. The molecule has 0 aromatic carbocycles. The van der Waals surface area contributed by atoms with E-state index in [-0.39, 0.29) is 11.7 Å². The number of carbonyl (C=O) groups is 2. The van der Waals surface area contributed by atoms with E-state index < -0.39 is 0 Å². The molecule has 0 unspecified atom stereocenters. The van der Waals surface area contributed by atoms with Crippen LogP contribution in [0.4, 0.5) is 0 Å². The van der Waals surface area contributed by atoms with Crippen LogP contribution in [0.2, 0.25) is 0 Å². The molecule has 0 bridgehead atoms. The molecule has 0 saturated carbocycles. The van der Waals surface area contributed by atoms with Crippen LogP contribution in [-0.2, 0) is 4.79 Å². The Balaban J connectivity index is 2.09. The van der Waals surface area contributed by atoms with Crippen molar-refractivity contribution < 1.29 is 9.59 Å². The molecule has 80 valence electrons. The van der Waals surface area contributed by atoms with Crippen molar-refractivity contribution >= 4 is 11.7 Å². The summed E-state index contributed by atoms with van der Waals surface area (Å²) in [7, 11) is 0. The number of carbonyl (C=O) groups excluding carboxylic acids is 2. The second kappa shape index (κ2) is 3.84. The second-order valence-electron chi connectivity index (χ2n) is 3.74. The van der Waals surface area contributed by atoms with Gasteiger partial charge in [0.2, 0.25) is 0 Å². The van der Waals surface area contributed by atoms with Crippen LogP contribution in [0.25, 0.3) is 0 Å². The molecule has 1 aliphatic heterocycles. The third-order valence-electron chi connectivity index (χ3n) is 2.67. The van der Waals surface area contributed by atoms with Crippen LogP contribution >= 0.6 is 0 Å². The van der Waals surface area contributed by atoms with Crippen LogP contribution in [0.5, 0.6) is 0 Å². The van der Waals surface area contributed by atoms with Crippen molar-refractivity contribution in [3.63, 3.8) is 0 Å². The number of amides is 1. The first kappa shape index (κ1) is 9.89. The molecule has 1 amide bonds. The van der Waals surface area contributed by atoms with E-state index in [2.05, 4.69) is 10.2 Å². The number of nitrogens with one attached hydrogen (secondary N) is 1. The molecule has 2 heterocycles. The summed E-state index contributed by atoms with van der Waals surface area (Å²) in [4.78, 5) is 24.7. The van der Waals surface area contributed by atoms with Crippen molar-refractivity contribution in [2.24, 2.45) is 0 Å². The van der Waals surface area contributed by atoms with Gasteiger partial charge in [-0.25, -0.2) is 0 Å². The lowest BCUT2D eigenvalue weighted by molar-refractivity contribution is -0.120. The van der Waals surface area contributed by atoms with E-state index in [9.17, 15) is 9.59 Å². The molecular weight excluding hydrogens is 194 g/mol. The second-order valence-corrected chi connectivity index (χ2v) is 3.74. The Hall–Kier alpha value is -1.65. The number of aromatic amines is 1. The minimum atomic E-state index is -0.0336. The lowest BCUT2D eigenvalue weighted by Crippen LogP contribution is -2.38. The predicted molar refractivity (Wildman–Crippen MR) is 53.5 cm³/mol. The van der Waals surface area contributed by atoms with E-state index in [1.807, 2.05) is 6.92 Å². The number of aromatic nitrogens is 2. The summed E-state index contributed by atoms with van der Waals surface area (Å²) in [5.41, 5.74) is 1.38. The molecule has 1 aliphatic rings. The summed E-state index contributed by atoms with van der Waals surface area (Å²) in [5, 5.41) is 6.55. The maximum absolute atomic E-state index is 11.9. The average Bonchev–Trinajstić information content (AvgIpc) is 2.65. The van der Waals surface area contributed by atoms with Gasteiger partial charge in [-0.05, 0) is 6.92 Å². The summed E-state index contributed by atoms with van der Waals surface area (Å²) in [6.07, 6.45) is 2.49. The quantitative estimate of drug-likeness (QED) is 0.730. The monoisotopic (exact) mass is 207 g/mol. The summed E-state index contributed by atoms with van der Waals surface area (Å²) in [6, 6.07) is 0. The first-order chi connectivity index (χ1) is 7.18. The fraction of sp³-hybridized carbons (Fsp3) is 0.500. The highest BCUT2D eigenvalue weighted by Gasteiger charge is 2.23. The number of Topliss-reactive ketones (excluding diaryl/α,β-unsaturated/α-hetero) is 1. The van der Waals surface area contributed by atoms with Crippen molar-refractivity contribution in [2.45, 2.75) is 19.8 Å². The largest absolute Gasteiger partial charge is 0.338 e. The van der Waals surface area contributed by atoms with Gasteiger partial charge in [-0.2, -0.15) is 5.10 Å². The summed E-state index contributed by atoms with van der Waals surface area (Å²) >= 11 is 0. The van der Waals surface area contributed by atoms with Gasteiger partial charge in [-0.3, -0.25) is 14.7 Å². The summed E-state index contributed by atoms with van der Waals surface area (Å²) < 4.78 is 0. The Morgan fingerprint density at radius 3 is 2.67 bits per heavy atom. The van der Waals surface area contributed by atoms with Gasteiger partial charge in [0.05, 0.1) is 11.8 Å². The molecule has 1 fully saturated rings. The molecule has 1 saturated heterocycles. The van der Waals surface area contributed by atoms with Gasteiger partial charge in [0, 0.05) is 31.6 Å². The molecule has 1 aromatic rings. The number of aryl methyl sites for hydroxylation is 1. The van der Waals surface area contributed by atoms with E-state index in [4.69, 9.17) is 0 Å². The Morgan fingerprint density at radius 1 is 1.47 bits per heavy atom. The first-order valence-corrected chi connectivity index (χ1v) is 4.99. The molecular formula is C10H13N3O2. The highest BCUT2D eigenvalue weighted by atomic mass is 16.2. The van der Waals surface area contributed by atoms with Crippen LogP contribution < -0.4 is 0 Å². The number of likely N-dealkylation sites (tertiary alicyclic amines) is 1. The molecule has 15 heavy (non-hydrogen) atoms. The van der Waals surface area contributed by atoms with Crippen LogP contribution in [0.15, 0.2) is 6.20 Å². The van der Waals surface area contributed by atoms with Crippen LogP contribution in [0.3, 0.4) is 0 Å². The predicted octanol–water partition coefficient (Wildman–Crippen LogP) is 0.523. The van der Waals surface area contributed by atoms with Gasteiger partial charge < -0.3 is 4.90 Å². The molecule has 1 N–H and O–H groups in total. The number of rotatable bonds is 1. The fourth-order valence-corrected chi connectivity index (χ4v) is 1.70. The molecule has 5 heteroatoms. The number of hydrogen-bond donors (Lipinski definition) is 1. The fourth-order valence-electron chi connectivity index (χ4n) is 1.70. The molecule has 0 spiro atoms. The van der Waals surface area contributed by atoms with E-state index in [1.165, 1.54) is 6.20 Å². The van der Waals surface area contributed by atoms with Gasteiger partial charge >= 0.3 is 0 Å². The Bertz CT molecular complexity index is 387. The highest BCUT2D eigenvalue weighted by Crippen LogP contribution is 2.12. The lowest BCUT2D eigenvalue weighted by Gasteiger charge is -2.25. The topological polar surface area (TPSA) is 66.1 Å². The van der Waals surface area contributed by atoms with Crippen molar-refractivity contribution in [1.82, 2.24) is 15.1 Å². The zero-order valence-corrected chi connectivity index (χ0v) is 8.62. The van der Waals surface area contributed by atoms with E-state index in [0.29, 0.717) is 31.5 Å². The van der Waals surface area contributed by atoms with Crippen LogP contribution in [-0.4, -0.2) is 39.9 Å². The third kappa shape index (κ3) is 1.91. The molecule has 0 aliphatic carbocycles. The van der Waals surface area contributed by atoms with Gasteiger partial charge in [-0.15, -0.1) is 0 Å². The Labute approximate surface area is 87.5 Å². The number of hydrogen-bond acceptors (Lipinski definition) is 3. The number of piperidine rings is 1. The van der Waals surface area contributed by atoms with E-state index in [0.717, 1.165) is 5.69 Å². The number of nitrogens with zero attached hydrogens (tertiary/aromatic N) is 2. The normalized spacial score (nSPS) is 16.9. The van der Waals surface area contributed by atoms with Crippen molar-refractivity contribution in [1.29, 1.82) is 0 Å². The zero-order chi connectivity index (χ0) is 10.8. The smallest absolute Gasteiger partial charge is 0.257 e. The molecule has 2 rings (SSSR count). The summed E-state index contributed by atoms with van der Waals surface area (Å²) in [5.74, 6) is 0.205. The van der Waals surface area contributed by atoms with E-state index in [1.54, 1.807) is 4.90 Å². The minimum absolute atomic E-state index is 0.0336.